The van der Waals surface area contributed by atoms with Crippen LogP contribution in [0.4, 0.5) is 0 Å². The molecule has 2 heteroatoms. The Balaban J connectivity index is 0.000000199. The molecule has 2 nitrogen and oxygen atoms in total. The molecular formula is C16H26N2. The molecule has 0 aliphatic carbocycles. The second kappa shape index (κ2) is 8.04. The molecular weight excluding hydrogens is 220 g/mol. The minimum absolute atomic E-state index is 0.925. The van der Waals surface area contributed by atoms with Crippen LogP contribution in [0.15, 0.2) is 18.3 Å². The van der Waals surface area contributed by atoms with E-state index in [1.54, 1.807) is 0 Å². The van der Waals surface area contributed by atoms with E-state index in [-0.39, 0.29) is 0 Å². The summed E-state index contributed by atoms with van der Waals surface area (Å²) in [4.78, 5) is 4.21. The largest absolute Gasteiger partial charge is 0.316 e. The molecule has 1 unspecified atom stereocenters. The monoisotopic (exact) mass is 246 g/mol. The lowest BCUT2D eigenvalue weighted by molar-refractivity contribution is 0.405. The number of pyridine rings is 1. The standard InChI is InChI=1S/C10H13N.C6H13N/c1-4-5-10-8(2)6-7-11-9(10)3;1-6-3-2-4-7-5-6/h4-7H,1-3H3;6-7H,2-5H2,1H3/b5-4-;. The van der Waals surface area contributed by atoms with Crippen LogP contribution in [0.1, 0.15) is 43.5 Å². The topological polar surface area (TPSA) is 24.9 Å². The molecule has 0 spiro atoms. The number of rotatable bonds is 1. The Hall–Kier alpha value is -1.15. The normalized spacial score (nSPS) is 19.4. The summed E-state index contributed by atoms with van der Waals surface area (Å²) >= 11 is 0. The van der Waals surface area contributed by atoms with Crippen LogP contribution in [0.5, 0.6) is 0 Å². The predicted octanol–water partition coefficient (Wildman–Crippen LogP) is 3.74. The molecule has 1 aromatic heterocycles. The van der Waals surface area contributed by atoms with Crippen molar-refractivity contribution in [2.45, 2.75) is 40.5 Å². The van der Waals surface area contributed by atoms with Gasteiger partial charge in [0.1, 0.15) is 0 Å². The summed E-state index contributed by atoms with van der Waals surface area (Å²) in [7, 11) is 0. The maximum absolute atomic E-state index is 4.21. The van der Waals surface area contributed by atoms with Gasteiger partial charge in [0.2, 0.25) is 0 Å². The predicted molar refractivity (Wildman–Crippen MR) is 79.7 cm³/mol. The summed E-state index contributed by atoms with van der Waals surface area (Å²) in [6.07, 6.45) is 8.78. The summed E-state index contributed by atoms with van der Waals surface area (Å²) in [6.45, 7) is 10.9. The fourth-order valence-electron chi connectivity index (χ4n) is 2.15. The summed E-state index contributed by atoms with van der Waals surface area (Å²) < 4.78 is 0. The molecule has 1 aliphatic rings. The van der Waals surface area contributed by atoms with Crippen molar-refractivity contribution in [2.75, 3.05) is 13.1 Å². The summed E-state index contributed by atoms with van der Waals surface area (Å²) in [5.41, 5.74) is 3.63. The maximum atomic E-state index is 4.21. The second-order valence-electron chi connectivity index (χ2n) is 5.08. The number of piperidine rings is 1. The van der Waals surface area contributed by atoms with E-state index in [0.29, 0.717) is 0 Å². The van der Waals surface area contributed by atoms with Crippen molar-refractivity contribution >= 4 is 6.08 Å². The third-order valence-electron chi connectivity index (χ3n) is 3.28. The van der Waals surface area contributed by atoms with Crippen LogP contribution in [0.3, 0.4) is 0 Å². The quantitative estimate of drug-likeness (QED) is 0.816. The number of aromatic nitrogens is 1. The van der Waals surface area contributed by atoms with Crippen LogP contribution >= 0.6 is 0 Å². The van der Waals surface area contributed by atoms with Crippen molar-refractivity contribution in [3.8, 4) is 0 Å². The Kier molecular flexibility index (Phi) is 6.66. The highest BCUT2D eigenvalue weighted by Gasteiger charge is 2.04. The van der Waals surface area contributed by atoms with Crippen LogP contribution in [-0.4, -0.2) is 18.1 Å². The molecule has 0 aromatic carbocycles. The zero-order chi connectivity index (χ0) is 13.4. The van der Waals surface area contributed by atoms with Crippen molar-refractivity contribution < 1.29 is 0 Å². The molecule has 2 heterocycles. The molecule has 2 rings (SSSR count). The molecule has 18 heavy (non-hydrogen) atoms. The number of allylic oxidation sites excluding steroid dienone is 1. The molecule has 1 N–H and O–H groups in total. The number of nitrogens with zero attached hydrogens (tertiary/aromatic N) is 1. The average molecular weight is 246 g/mol. The zero-order valence-electron chi connectivity index (χ0n) is 12.2. The van der Waals surface area contributed by atoms with E-state index in [0.717, 1.165) is 11.6 Å². The van der Waals surface area contributed by atoms with Gasteiger partial charge in [0.15, 0.2) is 0 Å². The van der Waals surface area contributed by atoms with E-state index in [1.807, 2.05) is 32.2 Å². The first-order chi connectivity index (χ1) is 8.65. The van der Waals surface area contributed by atoms with E-state index in [9.17, 15) is 0 Å². The van der Waals surface area contributed by atoms with Gasteiger partial charge < -0.3 is 5.32 Å². The molecule has 1 aromatic rings. The van der Waals surface area contributed by atoms with Gasteiger partial charge in [0, 0.05) is 11.9 Å². The lowest BCUT2D eigenvalue weighted by Crippen LogP contribution is -2.27. The zero-order valence-corrected chi connectivity index (χ0v) is 12.2. The Labute approximate surface area is 112 Å². The van der Waals surface area contributed by atoms with Crippen molar-refractivity contribution in [3.63, 3.8) is 0 Å². The molecule has 1 aliphatic heterocycles. The molecule has 1 saturated heterocycles. The van der Waals surface area contributed by atoms with Gasteiger partial charge in [-0.2, -0.15) is 0 Å². The first kappa shape index (κ1) is 14.9. The van der Waals surface area contributed by atoms with Crippen LogP contribution in [0.25, 0.3) is 6.08 Å². The molecule has 1 atom stereocenters. The van der Waals surface area contributed by atoms with E-state index >= 15 is 0 Å². The van der Waals surface area contributed by atoms with Gasteiger partial charge in [-0.3, -0.25) is 4.98 Å². The highest BCUT2D eigenvalue weighted by atomic mass is 14.9. The SMILES string of the molecule is C/C=C\c1c(C)ccnc1C.CC1CCCNC1. The van der Waals surface area contributed by atoms with Crippen LogP contribution in [-0.2, 0) is 0 Å². The summed E-state index contributed by atoms with van der Waals surface area (Å²) in [5.74, 6) is 0.925. The first-order valence-electron chi connectivity index (χ1n) is 6.90. The van der Waals surface area contributed by atoms with Gasteiger partial charge in [-0.15, -0.1) is 0 Å². The third kappa shape index (κ3) is 5.01. The Morgan fingerprint density at radius 1 is 1.39 bits per heavy atom. The van der Waals surface area contributed by atoms with Gasteiger partial charge in [-0.05, 0) is 69.8 Å². The van der Waals surface area contributed by atoms with Crippen molar-refractivity contribution in [2.24, 2.45) is 5.92 Å². The molecule has 0 bridgehead atoms. The molecule has 100 valence electrons. The lowest BCUT2D eigenvalue weighted by Gasteiger charge is -2.17. The van der Waals surface area contributed by atoms with Gasteiger partial charge in [0.25, 0.3) is 0 Å². The average Bonchev–Trinajstić information content (AvgIpc) is 2.36. The minimum atomic E-state index is 0.925. The fourth-order valence-corrected chi connectivity index (χ4v) is 2.15. The molecule has 0 saturated carbocycles. The van der Waals surface area contributed by atoms with Crippen molar-refractivity contribution in [3.05, 3.63) is 35.2 Å². The number of aryl methyl sites for hydroxylation is 2. The van der Waals surface area contributed by atoms with Gasteiger partial charge >= 0.3 is 0 Å². The molecule has 0 amide bonds. The van der Waals surface area contributed by atoms with Crippen molar-refractivity contribution in [1.82, 2.24) is 10.3 Å². The summed E-state index contributed by atoms with van der Waals surface area (Å²) in [6, 6.07) is 2.03. The van der Waals surface area contributed by atoms with E-state index in [1.165, 1.54) is 37.1 Å². The smallest absolute Gasteiger partial charge is 0.0447 e. The second-order valence-corrected chi connectivity index (χ2v) is 5.08. The van der Waals surface area contributed by atoms with Gasteiger partial charge in [0.05, 0.1) is 0 Å². The lowest BCUT2D eigenvalue weighted by atomic mass is 10.0. The maximum Gasteiger partial charge on any atom is 0.0447 e. The third-order valence-corrected chi connectivity index (χ3v) is 3.28. The fraction of sp³-hybridized carbons (Fsp3) is 0.562. The highest BCUT2D eigenvalue weighted by Crippen LogP contribution is 2.11. The van der Waals surface area contributed by atoms with E-state index in [2.05, 4.69) is 30.2 Å². The number of hydrogen-bond donors (Lipinski definition) is 1. The van der Waals surface area contributed by atoms with Crippen LogP contribution in [0.2, 0.25) is 0 Å². The van der Waals surface area contributed by atoms with E-state index in [4.69, 9.17) is 0 Å². The molecule has 1 fully saturated rings. The summed E-state index contributed by atoms with van der Waals surface area (Å²) in [5, 5.41) is 3.33. The van der Waals surface area contributed by atoms with Crippen LogP contribution < -0.4 is 5.32 Å². The van der Waals surface area contributed by atoms with Crippen molar-refractivity contribution in [1.29, 1.82) is 0 Å². The Morgan fingerprint density at radius 3 is 2.61 bits per heavy atom. The van der Waals surface area contributed by atoms with E-state index < -0.39 is 0 Å². The Morgan fingerprint density at radius 2 is 2.17 bits per heavy atom. The number of nitrogens with one attached hydrogen (secondary N) is 1. The van der Waals surface area contributed by atoms with Gasteiger partial charge in [-0.25, -0.2) is 0 Å². The highest BCUT2D eigenvalue weighted by molar-refractivity contribution is 5.54. The first-order valence-corrected chi connectivity index (χ1v) is 6.90. The Bertz CT molecular complexity index is 356. The van der Waals surface area contributed by atoms with Gasteiger partial charge in [-0.1, -0.05) is 19.1 Å². The van der Waals surface area contributed by atoms with Crippen LogP contribution in [0, 0.1) is 19.8 Å². The molecule has 0 radical (unpaired) electrons. The number of hydrogen-bond acceptors (Lipinski definition) is 2. The minimum Gasteiger partial charge on any atom is -0.316 e.